The summed E-state index contributed by atoms with van der Waals surface area (Å²) in [5.41, 5.74) is 0.367. The first kappa shape index (κ1) is 20.9. The average molecular weight is 392 g/mol. The molecule has 0 aliphatic heterocycles. The van der Waals surface area contributed by atoms with Crippen LogP contribution >= 0.6 is 11.8 Å². The van der Waals surface area contributed by atoms with Gasteiger partial charge in [-0.1, -0.05) is 23.9 Å². The number of imide groups is 1. The maximum atomic E-state index is 13.0. The maximum Gasteiger partial charge on any atom is 0.321 e. The number of fused-ring (bicyclic) bond motifs is 1. The normalized spacial score (nSPS) is 13.2. The summed E-state index contributed by atoms with van der Waals surface area (Å²) >= 11 is 1.13. The molecule has 27 heavy (non-hydrogen) atoms. The standard InChI is InChI=1S/C18H24N4O4S/c1-5-19-17(25)21-15(23)12(3)27-18-20-14-9-7-6-8-13(14)16(24)22(18)11(2)10-26-4/h6-9,11-12H,5,10H2,1-4H3,(H2,19,21,23,25)/t11-,12+/m0/s1. The summed E-state index contributed by atoms with van der Waals surface area (Å²) in [4.78, 5) is 41.4. The van der Waals surface area contributed by atoms with Crippen molar-refractivity contribution < 1.29 is 14.3 Å². The molecule has 1 aromatic carbocycles. The number of aromatic nitrogens is 2. The van der Waals surface area contributed by atoms with Crippen molar-refractivity contribution in [3.63, 3.8) is 0 Å². The van der Waals surface area contributed by atoms with Gasteiger partial charge >= 0.3 is 6.03 Å². The zero-order chi connectivity index (χ0) is 20.0. The van der Waals surface area contributed by atoms with Gasteiger partial charge in [-0.15, -0.1) is 0 Å². The van der Waals surface area contributed by atoms with Crippen LogP contribution in [0.3, 0.4) is 0 Å². The largest absolute Gasteiger partial charge is 0.383 e. The van der Waals surface area contributed by atoms with Crippen LogP contribution in [0.15, 0.2) is 34.2 Å². The van der Waals surface area contributed by atoms with Crippen LogP contribution in [-0.4, -0.2) is 47.0 Å². The molecular weight excluding hydrogens is 368 g/mol. The number of ether oxygens (including phenoxy) is 1. The molecule has 0 fully saturated rings. The summed E-state index contributed by atoms with van der Waals surface area (Å²) in [7, 11) is 1.56. The number of carbonyl (C=O) groups is 2. The molecule has 0 saturated carbocycles. The molecule has 8 nitrogen and oxygen atoms in total. The SMILES string of the molecule is CCNC(=O)NC(=O)[C@@H](C)Sc1nc2ccccc2c(=O)n1[C@@H](C)COC. The summed E-state index contributed by atoms with van der Waals surface area (Å²) in [6, 6.07) is 6.25. The van der Waals surface area contributed by atoms with Crippen molar-refractivity contribution in [2.45, 2.75) is 37.2 Å². The number of hydrogen-bond donors (Lipinski definition) is 2. The molecule has 2 atom stereocenters. The molecule has 0 unspecified atom stereocenters. The lowest BCUT2D eigenvalue weighted by atomic mass is 10.2. The minimum atomic E-state index is -0.623. The molecule has 2 aromatic rings. The Labute approximate surface area is 161 Å². The maximum absolute atomic E-state index is 13.0. The zero-order valence-electron chi connectivity index (χ0n) is 15.8. The van der Waals surface area contributed by atoms with E-state index in [0.29, 0.717) is 29.2 Å². The molecule has 2 rings (SSSR count). The van der Waals surface area contributed by atoms with Crippen molar-refractivity contribution in [3.8, 4) is 0 Å². The monoisotopic (exact) mass is 392 g/mol. The van der Waals surface area contributed by atoms with E-state index in [1.165, 1.54) is 4.57 Å². The number of urea groups is 1. The third-order valence-electron chi connectivity index (χ3n) is 3.85. The first-order valence-electron chi connectivity index (χ1n) is 8.64. The number of methoxy groups -OCH3 is 1. The van der Waals surface area contributed by atoms with E-state index in [2.05, 4.69) is 15.6 Å². The molecule has 146 valence electrons. The van der Waals surface area contributed by atoms with Gasteiger partial charge in [0.2, 0.25) is 5.91 Å². The molecule has 9 heteroatoms. The van der Waals surface area contributed by atoms with Crippen molar-refractivity contribution in [1.29, 1.82) is 0 Å². The Bertz CT molecular complexity index is 883. The van der Waals surface area contributed by atoms with E-state index in [1.807, 2.05) is 6.92 Å². The van der Waals surface area contributed by atoms with E-state index < -0.39 is 17.2 Å². The fourth-order valence-corrected chi connectivity index (χ4v) is 3.55. The number of hydrogen-bond acceptors (Lipinski definition) is 6. The predicted molar refractivity (Wildman–Crippen MR) is 105 cm³/mol. The summed E-state index contributed by atoms with van der Waals surface area (Å²) in [5, 5.41) is 5.07. The molecule has 1 heterocycles. The van der Waals surface area contributed by atoms with Crippen LogP contribution in [0.25, 0.3) is 10.9 Å². The van der Waals surface area contributed by atoms with Crippen LogP contribution in [0.5, 0.6) is 0 Å². The van der Waals surface area contributed by atoms with Gasteiger partial charge in [-0.25, -0.2) is 9.78 Å². The highest BCUT2D eigenvalue weighted by Crippen LogP contribution is 2.25. The fraction of sp³-hybridized carbons (Fsp3) is 0.444. The number of nitrogens with one attached hydrogen (secondary N) is 2. The summed E-state index contributed by atoms with van der Waals surface area (Å²) < 4.78 is 6.72. The van der Waals surface area contributed by atoms with E-state index in [1.54, 1.807) is 45.2 Å². The Morgan fingerprint density at radius 1 is 1.30 bits per heavy atom. The Morgan fingerprint density at radius 2 is 2.00 bits per heavy atom. The van der Waals surface area contributed by atoms with Gasteiger partial charge in [-0.05, 0) is 32.9 Å². The Hall–Kier alpha value is -2.39. The van der Waals surface area contributed by atoms with Gasteiger partial charge in [0.05, 0.1) is 28.8 Å². The van der Waals surface area contributed by atoms with Gasteiger partial charge in [0.25, 0.3) is 5.56 Å². The van der Waals surface area contributed by atoms with E-state index in [-0.39, 0.29) is 11.6 Å². The molecule has 0 bridgehead atoms. The lowest BCUT2D eigenvalue weighted by molar-refractivity contribution is -0.119. The van der Waals surface area contributed by atoms with Crippen LogP contribution in [0.1, 0.15) is 26.8 Å². The predicted octanol–water partition coefficient (Wildman–Crippen LogP) is 1.93. The quantitative estimate of drug-likeness (QED) is 0.551. The number of carbonyl (C=O) groups excluding carboxylic acids is 2. The third-order valence-corrected chi connectivity index (χ3v) is 4.92. The van der Waals surface area contributed by atoms with Gasteiger partial charge < -0.3 is 10.1 Å². The third kappa shape index (κ3) is 5.08. The highest BCUT2D eigenvalue weighted by molar-refractivity contribution is 8.00. The number of para-hydroxylation sites is 1. The number of benzene rings is 1. The molecular formula is C18H24N4O4S. The molecule has 0 aliphatic carbocycles. The van der Waals surface area contributed by atoms with Crippen molar-refractivity contribution in [1.82, 2.24) is 20.2 Å². The number of thioether (sulfide) groups is 1. The van der Waals surface area contributed by atoms with Crippen LogP contribution in [-0.2, 0) is 9.53 Å². The van der Waals surface area contributed by atoms with Crippen LogP contribution in [0, 0.1) is 0 Å². The molecule has 0 radical (unpaired) electrons. The van der Waals surface area contributed by atoms with Gasteiger partial charge in [0, 0.05) is 13.7 Å². The van der Waals surface area contributed by atoms with E-state index >= 15 is 0 Å². The van der Waals surface area contributed by atoms with Gasteiger partial charge in [0.1, 0.15) is 0 Å². The van der Waals surface area contributed by atoms with E-state index in [4.69, 9.17) is 4.74 Å². The van der Waals surface area contributed by atoms with Crippen LogP contribution < -0.4 is 16.2 Å². The number of amides is 3. The van der Waals surface area contributed by atoms with Crippen LogP contribution in [0.2, 0.25) is 0 Å². The second-order valence-corrected chi connectivity index (χ2v) is 7.31. The zero-order valence-corrected chi connectivity index (χ0v) is 16.6. The lowest BCUT2D eigenvalue weighted by Gasteiger charge is -2.20. The molecule has 0 aliphatic rings. The van der Waals surface area contributed by atoms with Crippen molar-refractivity contribution >= 4 is 34.6 Å². The van der Waals surface area contributed by atoms with Gasteiger partial charge in [-0.2, -0.15) is 0 Å². The van der Waals surface area contributed by atoms with Gasteiger partial charge in [0.15, 0.2) is 5.16 Å². The average Bonchev–Trinajstić information content (AvgIpc) is 2.62. The second kappa shape index (κ2) is 9.52. The first-order valence-corrected chi connectivity index (χ1v) is 9.52. The first-order chi connectivity index (χ1) is 12.9. The molecule has 1 aromatic heterocycles. The Kier molecular flexibility index (Phi) is 7.37. The second-order valence-electron chi connectivity index (χ2n) is 6.00. The van der Waals surface area contributed by atoms with Gasteiger partial charge in [-0.3, -0.25) is 19.5 Å². The molecule has 0 spiro atoms. The Balaban J connectivity index is 2.38. The molecule has 2 N–H and O–H groups in total. The van der Waals surface area contributed by atoms with Crippen molar-refractivity contribution in [2.75, 3.05) is 20.3 Å². The van der Waals surface area contributed by atoms with E-state index in [0.717, 1.165) is 11.8 Å². The molecule has 3 amide bonds. The molecule has 0 saturated heterocycles. The lowest BCUT2D eigenvalue weighted by Crippen LogP contribution is -2.42. The van der Waals surface area contributed by atoms with Crippen LogP contribution in [0.4, 0.5) is 4.79 Å². The summed E-state index contributed by atoms with van der Waals surface area (Å²) in [5.74, 6) is -0.459. The van der Waals surface area contributed by atoms with Crippen molar-refractivity contribution in [3.05, 3.63) is 34.6 Å². The fourth-order valence-electron chi connectivity index (χ4n) is 2.54. The topological polar surface area (TPSA) is 102 Å². The Morgan fingerprint density at radius 3 is 2.67 bits per heavy atom. The number of nitrogens with zero attached hydrogens (tertiary/aromatic N) is 2. The number of rotatable bonds is 7. The summed E-state index contributed by atoms with van der Waals surface area (Å²) in [6.45, 7) is 6.02. The minimum absolute atomic E-state index is 0.191. The van der Waals surface area contributed by atoms with E-state index in [9.17, 15) is 14.4 Å². The summed E-state index contributed by atoms with van der Waals surface area (Å²) in [6.07, 6.45) is 0. The van der Waals surface area contributed by atoms with Crippen molar-refractivity contribution in [2.24, 2.45) is 0 Å². The smallest absolute Gasteiger partial charge is 0.321 e. The highest BCUT2D eigenvalue weighted by atomic mass is 32.2. The highest BCUT2D eigenvalue weighted by Gasteiger charge is 2.22. The minimum Gasteiger partial charge on any atom is -0.383 e.